The summed E-state index contributed by atoms with van der Waals surface area (Å²) in [6.45, 7) is 2.95. The van der Waals surface area contributed by atoms with Gasteiger partial charge in [0.1, 0.15) is 29.3 Å². The van der Waals surface area contributed by atoms with E-state index >= 15 is 0 Å². The smallest absolute Gasteiger partial charge is 0.173 e. The fourth-order valence-corrected chi connectivity index (χ4v) is 3.78. The van der Waals surface area contributed by atoms with Crippen molar-refractivity contribution < 1.29 is 22.8 Å². The molecule has 0 aliphatic carbocycles. The number of aromatic nitrogens is 3. The third kappa shape index (κ3) is 4.57. The van der Waals surface area contributed by atoms with Gasteiger partial charge in [0.05, 0.1) is 12.1 Å². The Bertz CT molecular complexity index is 962. The van der Waals surface area contributed by atoms with E-state index in [1.807, 2.05) is 11.5 Å². The number of nitrogens with zero attached hydrogens (tertiary/aromatic N) is 3. The molecule has 1 aliphatic heterocycles. The summed E-state index contributed by atoms with van der Waals surface area (Å²) in [5.74, 6) is -0.705. The van der Waals surface area contributed by atoms with Gasteiger partial charge in [0.2, 0.25) is 0 Å². The Morgan fingerprint density at radius 1 is 1.28 bits per heavy atom. The molecule has 9 heteroatoms. The molecule has 3 aromatic rings. The van der Waals surface area contributed by atoms with Gasteiger partial charge in [-0.25, -0.2) is 13.8 Å². The first kappa shape index (κ1) is 20.2. The second kappa shape index (κ2) is 8.73. The van der Waals surface area contributed by atoms with Crippen LogP contribution in [0.3, 0.4) is 0 Å². The van der Waals surface area contributed by atoms with E-state index in [0.29, 0.717) is 29.1 Å². The third-order valence-corrected chi connectivity index (χ3v) is 5.21. The quantitative estimate of drug-likeness (QED) is 0.496. The molecular formula is C20H20BrF2N3O3. The van der Waals surface area contributed by atoms with Crippen LogP contribution in [0.2, 0.25) is 0 Å². The summed E-state index contributed by atoms with van der Waals surface area (Å²) < 4.78 is 47.3. The molecular weight excluding hydrogens is 448 g/mol. The van der Waals surface area contributed by atoms with Crippen LogP contribution < -0.4 is 0 Å². The normalized spacial score (nSPS) is 18.1. The van der Waals surface area contributed by atoms with Crippen molar-refractivity contribution in [1.82, 2.24) is 14.7 Å². The molecule has 0 spiro atoms. The van der Waals surface area contributed by atoms with Gasteiger partial charge in [-0.3, -0.25) is 0 Å². The average Bonchev–Trinajstić information content (AvgIpc) is 3.32. The van der Waals surface area contributed by atoms with Crippen molar-refractivity contribution in [2.75, 3.05) is 6.61 Å². The van der Waals surface area contributed by atoms with Crippen LogP contribution >= 0.6 is 15.9 Å². The molecule has 0 radical (unpaired) electrons. The van der Waals surface area contributed by atoms with Crippen LogP contribution in [0.25, 0.3) is 11.3 Å². The maximum absolute atomic E-state index is 14.2. The predicted molar refractivity (Wildman–Crippen MR) is 104 cm³/mol. The summed E-state index contributed by atoms with van der Waals surface area (Å²) in [7, 11) is 0. The standard InChI is InChI=1S/C20H20BrF2N3O3/c1-12(28-18-4-2-3-7-27-18)20-24-5-6-26(20)11-14-10-17(29-25-14)19-15(22)8-13(21)9-16(19)23/h5-6,8-10,12,18H,2-4,7,11H2,1H3. The highest BCUT2D eigenvalue weighted by Gasteiger charge is 2.22. The Morgan fingerprint density at radius 3 is 2.79 bits per heavy atom. The van der Waals surface area contributed by atoms with Crippen LogP contribution in [0.5, 0.6) is 0 Å². The van der Waals surface area contributed by atoms with E-state index < -0.39 is 11.6 Å². The first-order chi connectivity index (χ1) is 14.0. The van der Waals surface area contributed by atoms with Gasteiger partial charge < -0.3 is 18.6 Å². The maximum atomic E-state index is 14.2. The lowest BCUT2D eigenvalue weighted by Gasteiger charge is -2.26. The Morgan fingerprint density at radius 2 is 2.07 bits per heavy atom. The van der Waals surface area contributed by atoms with Gasteiger partial charge in [-0.15, -0.1) is 0 Å². The van der Waals surface area contributed by atoms with Crippen LogP contribution in [0.15, 0.2) is 39.6 Å². The molecule has 0 bridgehead atoms. The van der Waals surface area contributed by atoms with Crippen molar-refractivity contribution in [2.24, 2.45) is 0 Å². The highest BCUT2D eigenvalue weighted by atomic mass is 79.9. The summed E-state index contributed by atoms with van der Waals surface area (Å²) in [6, 6.07) is 3.89. The van der Waals surface area contributed by atoms with E-state index in [0.717, 1.165) is 19.3 Å². The van der Waals surface area contributed by atoms with E-state index in [1.54, 1.807) is 12.4 Å². The molecule has 2 aromatic heterocycles. The maximum Gasteiger partial charge on any atom is 0.173 e. The number of ether oxygens (including phenoxy) is 2. The largest absolute Gasteiger partial charge is 0.356 e. The Labute approximate surface area is 174 Å². The van der Waals surface area contributed by atoms with Gasteiger partial charge >= 0.3 is 0 Å². The summed E-state index contributed by atoms with van der Waals surface area (Å²) in [5, 5.41) is 3.95. The minimum absolute atomic E-state index is 0.0315. The van der Waals surface area contributed by atoms with Gasteiger partial charge in [-0.2, -0.15) is 0 Å². The van der Waals surface area contributed by atoms with Gasteiger partial charge in [-0.05, 0) is 38.3 Å². The molecule has 2 unspecified atom stereocenters. The molecule has 29 heavy (non-hydrogen) atoms. The molecule has 6 nitrogen and oxygen atoms in total. The molecule has 2 atom stereocenters. The highest BCUT2D eigenvalue weighted by Crippen LogP contribution is 2.30. The summed E-state index contributed by atoms with van der Waals surface area (Å²) in [5.41, 5.74) is 0.269. The van der Waals surface area contributed by atoms with Gasteiger partial charge in [0.15, 0.2) is 12.1 Å². The number of halogens is 3. The van der Waals surface area contributed by atoms with Crippen molar-refractivity contribution >= 4 is 15.9 Å². The van der Waals surface area contributed by atoms with Crippen molar-refractivity contribution in [3.05, 3.63) is 58.2 Å². The molecule has 0 amide bonds. The zero-order chi connectivity index (χ0) is 20.4. The van der Waals surface area contributed by atoms with Crippen LogP contribution in [-0.2, 0) is 16.0 Å². The first-order valence-electron chi connectivity index (χ1n) is 9.40. The van der Waals surface area contributed by atoms with E-state index in [-0.39, 0.29) is 23.7 Å². The van der Waals surface area contributed by atoms with Gasteiger partial charge in [0.25, 0.3) is 0 Å². The number of imidazole rings is 1. The SMILES string of the molecule is CC(OC1CCCCO1)c1nccn1Cc1cc(-c2c(F)cc(Br)cc2F)on1. The van der Waals surface area contributed by atoms with Crippen molar-refractivity contribution in [1.29, 1.82) is 0 Å². The topological polar surface area (TPSA) is 62.3 Å². The molecule has 154 valence electrons. The number of benzene rings is 1. The summed E-state index contributed by atoms with van der Waals surface area (Å²) in [6.07, 6.45) is 5.96. The summed E-state index contributed by atoms with van der Waals surface area (Å²) >= 11 is 3.06. The first-order valence-corrected chi connectivity index (χ1v) is 10.2. The monoisotopic (exact) mass is 467 g/mol. The number of hydrogen-bond donors (Lipinski definition) is 0. The van der Waals surface area contributed by atoms with E-state index in [4.69, 9.17) is 14.0 Å². The summed E-state index contributed by atoms with van der Waals surface area (Å²) in [4.78, 5) is 4.38. The third-order valence-electron chi connectivity index (χ3n) is 4.75. The van der Waals surface area contributed by atoms with Crippen LogP contribution in [0.1, 0.15) is 43.8 Å². The minimum atomic E-state index is -0.725. The second-order valence-corrected chi connectivity index (χ2v) is 7.83. The molecule has 1 fully saturated rings. The van der Waals surface area contributed by atoms with Gasteiger partial charge in [0, 0.05) is 29.5 Å². The molecule has 1 aromatic carbocycles. The lowest BCUT2D eigenvalue weighted by molar-refractivity contribution is -0.188. The predicted octanol–water partition coefficient (Wildman–Crippen LogP) is 5.23. The number of rotatable bonds is 6. The van der Waals surface area contributed by atoms with Crippen LogP contribution in [0, 0.1) is 11.6 Å². The lowest BCUT2D eigenvalue weighted by atomic mass is 10.1. The molecule has 3 heterocycles. The van der Waals surface area contributed by atoms with Gasteiger partial charge in [-0.1, -0.05) is 21.1 Å². The lowest BCUT2D eigenvalue weighted by Crippen LogP contribution is -2.24. The zero-order valence-corrected chi connectivity index (χ0v) is 17.4. The van der Waals surface area contributed by atoms with Crippen LogP contribution in [0.4, 0.5) is 8.78 Å². The van der Waals surface area contributed by atoms with Crippen molar-refractivity contribution in [2.45, 2.75) is 45.1 Å². The fourth-order valence-electron chi connectivity index (χ4n) is 3.38. The molecule has 0 N–H and O–H groups in total. The van der Waals surface area contributed by atoms with E-state index in [9.17, 15) is 8.78 Å². The number of hydrogen-bond acceptors (Lipinski definition) is 5. The molecule has 0 saturated carbocycles. The zero-order valence-electron chi connectivity index (χ0n) is 15.8. The Hall–Kier alpha value is -2.10. The van der Waals surface area contributed by atoms with Crippen LogP contribution in [-0.4, -0.2) is 27.6 Å². The molecule has 1 aliphatic rings. The van der Waals surface area contributed by atoms with Crippen molar-refractivity contribution in [3.63, 3.8) is 0 Å². The Balaban J connectivity index is 1.49. The molecule has 1 saturated heterocycles. The minimum Gasteiger partial charge on any atom is -0.356 e. The highest BCUT2D eigenvalue weighted by molar-refractivity contribution is 9.10. The fraction of sp³-hybridized carbons (Fsp3) is 0.400. The molecule has 4 rings (SSSR count). The average molecular weight is 468 g/mol. The van der Waals surface area contributed by atoms with E-state index in [2.05, 4.69) is 26.1 Å². The van der Waals surface area contributed by atoms with E-state index in [1.165, 1.54) is 18.2 Å². The Kier molecular flexibility index (Phi) is 6.07. The second-order valence-electron chi connectivity index (χ2n) is 6.91. The van der Waals surface area contributed by atoms with Crippen molar-refractivity contribution in [3.8, 4) is 11.3 Å².